The predicted molar refractivity (Wildman–Crippen MR) is 122 cm³/mol. The van der Waals surface area contributed by atoms with E-state index in [4.69, 9.17) is 18.9 Å². The predicted octanol–water partition coefficient (Wildman–Crippen LogP) is 4.31. The summed E-state index contributed by atoms with van der Waals surface area (Å²) in [6.45, 7) is 7.54. The SMILES string of the molecule is CCOC(=O)C1=C(O)/C(=C\c2cc(C)n(-c3cc(OC)c(OC)c(OC)c3)c2C)N=C1C. The lowest BCUT2D eigenvalue weighted by molar-refractivity contribution is -0.138. The molecule has 0 aliphatic carbocycles. The number of carbonyl (C=O) groups excluding carboxylic acids is 1. The molecule has 1 aliphatic rings. The number of carbonyl (C=O) groups is 1. The van der Waals surface area contributed by atoms with E-state index in [0.29, 0.717) is 28.7 Å². The number of aliphatic hydroxyl groups is 1. The maximum Gasteiger partial charge on any atom is 0.343 e. The van der Waals surface area contributed by atoms with Crippen LogP contribution in [0.25, 0.3) is 11.8 Å². The fourth-order valence-corrected chi connectivity index (χ4v) is 3.81. The smallest absolute Gasteiger partial charge is 0.343 e. The van der Waals surface area contributed by atoms with E-state index in [2.05, 4.69) is 4.99 Å². The topological polar surface area (TPSA) is 91.5 Å². The molecule has 0 spiro atoms. The van der Waals surface area contributed by atoms with Crippen LogP contribution in [0.3, 0.4) is 0 Å². The molecule has 0 bridgehead atoms. The number of aliphatic imine (C=N–C) groups is 1. The van der Waals surface area contributed by atoms with Crippen molar-refractivity contribution in [2.24, 2.45) is 4.99 Å². The normalized spacial score (nSPS) is 14.6. The van der Waals surface area contributed by atoms with Gasteiger partial charge in [-0.2, -0.15) is 0 Å². The van der Waals surface area contributed by atoms with Gasteiger partial charge in [-0.25, -0.2) is 9.79 Å². The van der Waals surface area contributed by atoms with Crippen LogP contribution in [0.5, 0.6) is 17.2 Å². The van der Waals surface area contributed by atoms with Gasteiger partial charge in [-0.05, 0) is 45.4 Å². The van der Waals surface area contributed by atoms with E-state index in [9.17, 15) is 9.90 Å². The summed E-state index contributed by atoms with van der Waals surface area (Å²) in [5.41, 5.74) is 4.38. The molecule has 170 valence electrons. The minimum Gasteiger partial charge on any atom is -0.505 e. The van der Waals surface area contributed by atoms with Crippen molar-refractivity contribution in [2.45, 2.75) is 27.7 Å². The van der Waals surface area contributed by atoms with Gasteiger partial charge in [0, 0.05) is 23.5 Å². The zero-order chi connectivity index (χ0) is 23.6. The van der Waals surface area contributed by atoms with Crippen LogP contribution >= 0.6 is 0 Å². The molecule has 1 aliphatic heterocycles. The number of rotatable bonds is 7. The monoisotopic (exact) mass is 440 g/mol. The number of hydrogen-bond donors (Lipinski definition) is 1. The molecule has 32 heavy (non-hydrogen) atoms. The standard InChI is InChI=1S/C24H28N2O6/c1-8-32-24(28)21-14(3)25-18(22(21)27)10-16-9-13(2)26(15(16)4)17-11-19(29-5)23(31-7)20(12-17)30-6/h9-12,27H,8H2,1-7H3/b18-10+. The van der Waals surface area contributed by atoms with Crippen molar-refractivity contribution in [1.29, 1.82) is 0 Å². The van der Waals surface area contributed by atoms with Crippen LogP contribution in [-0.2, 0) is 9.53 Å². The van der Waals surface area contributed by atoms with Gasteiger partial charge >= 0.3 is 5.97 Å². The molecule has 1 aromatic carbocycles. The first-order valence-electron chi connectivity index (χ1n) is 10.1. The second-order valence-electron chi connectivity index (χ2n) is 7.22. The fourth-order valence-electron chi connectivity index (χ4n) is 3.81. The number of ether oxygens (including phenoxy) is 4. The Bertz CT molecular complexity index is 1130. The van der Waals surface area contributed by atoms with Gasteiger partial charge < -0.3 is 28.6 Å². The number of aryl methyl sites for hydroxylation is 1. The van der Waals surface area contributed by atoms with Gasteiger partial charge in [0.15, 0.2) is 17.3 Å². The summed E-state index contributed by atoms with van der Waals surface area (Å²) < 4.78 is 23.5. The zero-order valence-corrected chi connectivity index (χ0v) is 19.4. The third kappa shape index (κ3) is 3.95. The summed E-state index contributed by atoms with van der Waals surface area (Å²) >= 11 is 0. The summed E-state index contributed by atoms with van der Waals surface area (Å²) in [5, 5.41) is 10.6. The lowest BCUT2D eigenvalue weighted by atomic mass is 10.1. The maximum absolute atomic E-state index is 12.2. The number of aromatic nitrogens is 1. The first-order valence-corrected chi connectivity index (χ1v) is 10.1. The molecule has 8 heteroatoms. The van der Waals surface area contributed by atoms with Crippen molar-refractivity contribution in [3.05, 3.63) is 52.2 Å². The van der Waals surface area contributed by atoms with E-state index in [1.54, 1.807) is 41.3 Å². The molecule has 2 heterocycles. The van der Waals surface area contributed by atoms with Crippen LogP contribution in [0.4, 0.5) is 0 Å². The molecular weight excluding hydrogens is 412 g/mol. The number of nitrogens with zero attached hydrogens (tertiary/aromatic N) is 2. The quantitative estimate of drug-likeness (QED) is 0.645. The van der Waals surface area contributed by atoms with Gasteiger partial charge in [-0.1, -0.05) is 0 Å². The number of esters is 1. The Morgan fingerprint density at radius 1 is 1.06 bits per heavy atom. The molecule has 1 aromatic heterocycles. The molecular formula is C24H28N2O6. The lowest BCUT2D eigenvalue weighted by Crippen LogP contribution is -2.13. The van der Waals surface area contributed by atoms with Crippen molar-refractivity contribution >= 4 is 17.8 Å². The Kier molecular flexibility index (Phi) is 6.62. The largest absolute Gasteiger partial charge is 0.505 e. The van der Waals surface area contributed by atoms with Crippen LogP contribution in [0.1, 0.15) is 30.8 Å². The molecule has 0 atom stereocenters. The summed E-state index contributed by atoms with van der Waals surface area (Å²) in [6.07, 6.45) is 1.75. The fraction of sp³-hybridized carbons (Fsp3) is 0.333. The van der Waals surface area contributed by atoms with E-state index >= 15 is 0 Å². The van der Waals surface area contributed by atoms with Crippen LogP contribution in [-0.4, -0.2) is 49.3 Å². The molecule has 0 saturated heterocycles. The summed E-state index contributed by atoms with van der Waals surface area (Å²) in [4.78, 5) is 16.5. The van der Waals surface area contributed by atoms with Gasteiger partial charge in [-0.15, -0.1) is 0 Å². The van der Waals surface area contributed by atoms with Gasteiger partial charge in [0.25, 0.3) is 0 Å². The lowest BCUT2D eigenvalue weighted by Gasteiger charge is -2.16. The third-order valence-corrected chi connectivity index (χ3v) is 5.28. The number of hydrogen-bond acceptors (Lipinski definition) is 7. The Balaban J connectivity index is 2.10. The minimum atomic E-state index is -0.586. The van der Waals surface area contributed by atoms with E-state index in [1.165, 1.54) is 0 Å². The minimum absolute atomic E-state index is 0.0940. The molecule has 8 nitrogen and oxygen atoms in total. The zero-order valence-electron chi connectivity index (χ0n) is 19.4. The van der Waals surface area contributed by atoms with Crippen molar-refractivity contribution in [3.63, 3.8) is 0 Å². The summed E-state index contributed by atoms with van der Waals surface area (Å²) in [7, 11) is 4.71. The van der Waals surface area contributed by atoms with Crippen LogP contribution in [0.15, 0.2) is 40.2 Å². The number of methoxy groups -OCH3 is 3. The Morgan fingerprint density at radius 2 is 1.69 bits per heavy atom. The highest BCUT2D eigenvalue weighted by Gasteiger charge is 2.28. The molecule has 0 radical (unpaired) electrons. The average Bonchev–Trinajstić information content (AvgIpc) is 3.20. The highest BCUT2D eigenvalue weighted by atomic mass is 16.5. The first-order chi connectivity index (χ1) is 15.3. The first kappa shape index (κ1) is 23.0. The van der Waals surface area contributed by atoms with Crippen LogP contribution in [0.2, 0.25) is 0 Å². The number of benzene rings is 1. The van der Waals surface area contributed by atoms with E-state index in [1.807, 2.05) is 36.6 Å². The summed E-state index contributed by atoms with van der Waals surface area (Å²) in [5.74, 6) is 0.840. The van der Waals surface area contributed by atoms with Crippen molar-refractivity contribution in [3.8, 4) is 22.9 Å². The number of aliphatic hydroxyl groups excluding tert-OH is 1. The van der Waals surface area contributed by atoms with Gasteiger partial charge in [0.2, 0.25) is 5.75 Å². The molecule has 3 rings (SSSR count). The van der Waals surface area contributed by atoms with E-state index in [-0.39, 0.29) is 17.9 Å². The Morgan fingerprint density at radius 3 is 2.22 bits per heavy atom. The molecule has 0 saturated carbocycles. The van der Waals surface area contributed by atoms with Crippen LogP contribution in [0, 0.1) is 13.8 Å². The van der Waals surface area contributed by atoms with E-state index < -0.39 is 5.97 Å². The van der Waals surface area contributed by atoms with Gasteiger partial charge in [0.05, 0.1) is 39.3 Å². The third-order valence-electron chi connectivity index (χ3n) is 5.28. The van der Waals surface area contributed by atoms with Crippen molar-refractivity contribution in [2.75, 3.05) is 27.9 Å². The van der Waals surface area contributed by atoms with Crippen LogP contribution < -0.4 is 14.2 Å². The maximum atomic E-state index is 12.2. The Labute approximate surface area is 187 Å². The molecule has 0 amide bonds. The second kappa shape index (κ2) is 9.21. The molecule has 2 aromatic rings. The molecule has 0 fully saturated rings. The van der Waals surface area contributed by atoms with Gasteiger partial charge in [0.1, 0.15) is 11.3 Å². The van der Waals surface area contributed by atoms with Gasteiger partial charge in [-0.3, -0.25) is 0 Å². The van der Waals surface area contributed by atoms with E-state index in [0.717, 1.165) is 22.6 Å². The Hall–Kier alpha value is -3.68. The van der Waals surface area contributed by atoms with Crippen molar-refractivity contribution in [1.82, 2.24) is 4.57 Å². The average molecular weight is 440 g/mol. The second-order valence-corrected chi connectivity index (χ2v) is 7.22. The highest BCUT2D eigenvalue weighted by Crippen LogP contribution is 2.40. The highest BCUT2D eigenvalue weighted by molar-refractivity contribution is 6.22. The molecule has 0 unspecified atom stereocenters. The summed E-state index contributed by atoms with van der Waals surface area (Å²) in [6, 6.07) is 5.71. The molecule has 1 N–H and O–H groups in total. The van der Waals surface area contributed by atoms with Crippen molar-refractivity contribution < 1.29 is 28.8 Å².